The Morgan fingerprint density at radius 2 is 1.52 bits per heavy atom. The molecule has 1 unspecified atom stereocenters. The van der Waals surface area contributed by atoms with E-state index in [-0.39, 0.29) is 35.2 Å². The summed E-state index contributed by atoms with van der Waals surface area (Å²) in [6.07, 6.45) is 2.31. The van der Waals surface area contributed by atoms with Gasteiger partial charge in [-0.3, -0.25) is 9.59 Å². The number of hydrogen-bond donors (Lipinski definition) is 1. The molecule has 0 bridgehead atoms. The van der Waals surface area contributed by atoms with Crippen LogP contribution in [0.2, 0.25) is 10.0 Å². The summed E-state index contributed by atoms with van der Waals surface area (Å²) in [5, 5.41) is 4.21. The van der Waals surface area contributed by atoms with Crippen molar-refractivity contribution in [2.24, 2.45) is 0 Å². The summed E-state index contributed by atoms with van der Waals surface area (Å²) in [5.74, 6) is -0.0242. The van der Waals surface area contributed by atoms with Gasteiger partial charge in [-0.15, -0.1) is 12.4 Å². The summed E-state index contributed by atoms with van der Waals surface area (Å²) < 4.78 is 6.54. The van der Waals surface area contributed by atoms with Crippen molar-refractivity contribution in [2.45, 2.75) is 37.3 Å². The molecule has 10 heteroatoms. The Morgan fingerprint density at radius 1 is 0.881 bits per heavy atom. The van der Waals surface area contributed by atoms with Crippen LogP contribution < -0.4 is 5.32 Å². The largest absolute Gasteiger partial charge is 0.412 e. The molecule has 2 aliphatic heterocycles. The van der Waals surface area contributed by atoms with E-state index in [4.69, 9.17) is 27.9 Å². The van der Waals surface area contributed by atoms with E-state index in [1.54, 1.807) is 13.0 Å². The molecule has 2 saturated heterocycles. The van der Waals surface area contributed by atoms with Gasteiger partial charge in [-0.1, -0.05) is 77.8 Å². The monoisotopic (exact) mass is 633 g/mol. The van der Waals surface area contributed by atoms with E-state index in [9.17, 15) is 9.59 Å². The van der Waals surface area contributed by atoms with Crippen LogP contribution in [0.15, 0.2) is 78.9 Å². The van der Waals surface area contributed by atoms with E-state index >= 15 is 0 Å². The van der Waals surface area contributed by atoms with Gasteiger partial charge in [0.25, 0.3) is 5.91 Å². The smallest absolute Gasteiger partial charge is 0.254 e. The predicted molar refractivity (Wildman–Crippen MR) is 170 cm³/mol. The van der Waals surface area contributed by atoms with Crippen LogP contribution >= 0.6 is 35.6 Å². The first-order valence-corrected chi connectivity index (χ1v) is 14.6. The first-order valence-electron chi connectivity index (χ1n) is 13.8. The number of likely N-dealkylation sites (tertiary alicyclic amines) is 1. The second-order valence-corrected chi connectivity index (χ2v) is 11.6. The number of amides is 2. The Labute approximate surface area is 263 Å². The van der Waals surface area contributed by atoms with E-state index in [1.165, 1.54) is 0 Å². The highest BCUT2D eigenvalue weighted by atomic mass is 35.5. The SMILES string of the molecule is CC(=O)NC1(c2ccccc2)CCN(CCC2(c3ccc(Cl)c(Cl)c3)CN(C(=O)c3ccccc3)CCO2)CC1.Cl.O. The Morgan fingerprint density at radius 3 is 2.14 bits per heavy atom. The van der Waals surface area contributed by atoms with Crippen LogP contribution in [0.3, 0.4) is 0 Å². The molecule has 0 saturated carbocycles. The summed E-state index contributed by atoms with van der Waals surface area (Å²) >= 11 is 12.7. The molecule has 7 nitrogen and oxygen atoms in total. The number of ether oxygens (including phenoxy) is 1. The summed E-state index contributed by atoms with van der Waals surface area (Å²) in [7, 11) is 0. The average Bonchev–Trinajstić information content (AvgIpc) is 2.98. The molecule has 226 valence electrons. The van der Waals surface area contributed by atoms with Crippen LogP contribution in [0.4, 0.5) is 0 Å². The van der Waals surface area contributed by atoms with Crippen LogP contribution in [0.5, 0.6) is 0 Å². The number of carbonyl (C=O) groups excluding carboxylic acids is 2. The van der Waals surface area contributed by atoms with Crippen molar-refractivity contribution in [2.75, 3.05) is 39.3 Å². The Bertz CT molecular complexity index is 1340. The van der Waals surface area contributed by atoms with Gasteiger partial charge in [-0.05, 0) is 54.7 Å². The van der Waals surface area contributed by atoms with Crippen molar-refractivity contribution < 1.29 is 19.8 Å². The van der Waals surface area contributed by atoms with Crippen LogP contribution in [0.1, 0.15) is 47.7 Å². The molecule has 3 aromatic rings. The molecule has 1 atom stereocenters. The van der Waals surface area contributed by atoms with Crippen molar-refractivity contribution in [1.82, 2.24) is 15.1 Å². The first-order chi connectivity index (χ1) is 19.3. The summed E-state index contributed by atoms with van der Waals surface area (Å²) in [6.45, 7) is 5.40. The number of hydrogen-bond acceptors (Lipinski definition) is 4. The second-order valence-electron chi connectivity index (χ2n) is 10.8. The molecule has 0 aliphatic carbocycles. The van der Waals surface area contributed by atoms with Gasteiger partial charge in [0, 0.05) is 38.7 Å². The van der Waals surface area contributed by atoms with Gasteiger partial charge in [0.2, 0.25) is 5.91 Å². The zero-order chi connectivity index (χ0) is 28.2. The molecular formula is C32H38Cl3N3O4. The van der Waals surface area contributed by atoms with Crippen molar-refractivity contribution in [1.29, 1.82) is 0 Å². The maximum atomic E-state index is 13.4. The second kappa shape index (κ2) is 14.7. The predicted octanol–water partition coefficient (Wildman–Crippen LogP) is 5.48. The van der Waals surface area contributed by atoms with E-state index in [0.717, 1.165) is 43.6 Å². The zero-order valence-corrected chi connectivity index (χ0v) is 26.0. The number of piperidine rings is 1. The average molecular weight is 635 g/mol. The lowest BCUT2D eigenvalue weighted by atomic mass is 9.80. The number of morpholine rings is 1. The lowest BCUT2D eigenvalue weighted by Gasteiger charge is -2.46. The maximum Gasteiger partial charge on any atom is 0.254 e. The molecule has 2 heterocycles. The van der Waals surface area contributed by atoms with Gasteiger partial charge in [0.15, 0.2) is 0 Å². The minimum atomic E-state index is -0.720. The Balaban J connectivity index is 0.00000242. The van der Waals surface area contributed by atoms with E-state index < -0.39 is 5.60 Å². The molecule has 2 amide bonds. The van der Waals surface area contributed by atoms with Gasteiger partial charge < -0.3 is 25.3 Å². The molecule has 0 spiro atoms. The molecule has 0 aromatic heterocycles. The molecular weight excluding hydrogens is 597 g/mol. The van der Waals surface area contributed by atoms with Crippen molar-refractivity contribution in [3.8, 4) is 0 Å². The van der Waals surface area contributed by atoms with Crippen LogP contribution in [-0.2, 0) is 20.7 Å². The third-order valence-corrected chi connectivity index (χ3v) is 8.96. The van der Waals surface area contributed by atoms with Crippen molar-refractivity contribution >= 4 is 47.4 Å². The number of rotatable bonds is 7. The quantitative estimate of drug-likeness (QED) is 0.373. The standard InChI is InChI=1S/C32H35Cl2N3O3.ClH.H2O/c1-24(38)35-31(26-10-6-3-7-11-26)14-17-36(18-15-31)19-16-32(27-12-13-28(33)29(34)22-27)23-37(20-21-40-32)30(39)25-8-4-2-5-9-25;;/h2-13,22H,14-21,23H2,1H3,(H,35,38);1H;1H2. The minimum absolute atomic E-state index is 0. The van der Waals surface area contributed by atoms with E-state index in [1.807, 2.05) is 65.6 Å². The maximum absolute atomic E-state index is 13.4. The minimum Gasteiger partial charge on any atom is -0.412 e. The van der Waals surface area contributed by atoms with E-state index in [2.05, 4.69) is 22.3 Å². The summed E-state index contributed by atoms with van der Waals surface area (Å²) in [4.78, 5) is 29.9. The van der Waals surface area contributed by atoms with Crippen molar-refractivity contribution in [3.63, 3.8) is 0 Å². The molecule has 2 aliphatic rings. The Hall–Kier alpha value is -2.65. The molecule has 2 fully saturated rings. The number of nitrogens with one attached hydrogen (secondary N) is 1. The number of benzene rings is 3. The number of carbonyl (C=O) groups is 2. The number of halogens is 3. The van der Waals surface area contributed by atoms with Gasteiger partial charge in [-0.25, -0.2) is 0 Å². The zero-order valence-electron chi connectivity index (χ0n) is 23.7. The highest BCUT2D eigenvalue weighted by Crippen LogP contribution is 2.38. The molecule has 0 radical (unpaired) electrons. The van der Waals surface area contributed by atoms with Crippen LogP contribution in [0, 0.1) is 0 Å². The highest BCUT2D eigenvalue weighted by Gasteiger charge is 2.42. The molecule has 42 heavy (non-hydrogen) atoms. The third-order valence-electron chi connectivity index (χ3n) is 8.22. The lowest BCUT2D eigenvalue weighted by Crippen LogP contribution is -2.55. The number of nitrogens with zero attached hydrogens (tertiary/aromatic N) is 2. The van der Waals surface area contributed by atoms with Gasteiger partial charge in [0.1, 0.15) is 5.60 Å². The highest BCUT2D eigenvalue weighted by molar-refractivity contribution is 6.42. The van der Waals surface area contributed by atoms with Gasteiger partial charge >= 0.3 is 0 Å². The van der Waals surface area contributed by atoms with Crippen LogP contribution in [-0.4, -0.2) is 66.4 Å². The molecule has 3 N–H and O–H groups in total. The Kier molecular flexibility index (Phi) is 11.8. The molecule has 5 rings (SSSR count). The normalized spacial score (nSPS) is 20.1. The van der Waals surface area contributed by atoms with E-state index in [0.29, 0.717) is 41.7 Å². The third kappa shape index (κ3) is 7.46. The summed E-state index contributed by atoms with van der Waals surface area (Å²) in [6, 6.07) is 25.2. The van der Waals surface area contributed by atoms with Crippen LogP contribution in [0.25, 0.3) is 0 Å². The first kappa shape index (κ1) is 33.8. The molecule has 3 aromatic carbocycles. The lowest BCUT2D eigenvalue weighted by molar-refractivity contribution is -0.122. The topological polar surface area (TPSA) is 93.4 Å². The van der Waals surface area contributed by atoms with Gasteiger partial charge in [-0.2, -0.15) is 0 Å². The summed E-state index contributed by atoms with van der Waals surface area (Å²) in [5.41, 5.74) is 1.64. The van der Waals surface area contributed by atoms with Crippen molar-refractivity contribution in [3.05, 3.63) is 106 Å². The fraction of sp³-hybridized carbons (Fsp3) is 0.375. The fourth-order valence-electron chi connectivity index (χ4n) is 6.05. The fourth-order valence-corrected chi connectivity index (χ4v) is 6.35. The van der Waals surface area contributed by atoms with Gasteiger partial charge in [0.05, 0.1) is 28.7 Å².